The fraction of sp³-hybridized carbons (Fsp3) is 0.143. The molecule has 0 aliphatic rings. The highest BCUT2D eigenvalue weighted by atomic mass is 79.9. The first-order valence-electron chi connectivity index (χ1n) is 5.74. The second kappa shape index (κ2) is 6.06. The Kier molecular flexibility index (Phi) is 4.60. The molecule has 1 N–H and O–H groups in total. The summed E-state index contributed by atoms with van der Waals surface area (Å²) >= 11 is 8.94. The zero-order valence-corrected chi connectivity index (χ0v) is 12.7. The van der Waals surface area contributed by atoms with Crippen molar-refractivity contribution in [2.24, 2.45) is 0 Å². The quantitative estimate of drug-likeness (QED) is 0.690. The third-order valence-electron chi connectivity index (χ3n) is 2.81. The molecule has 0 fully saturated rings. The van der Waals surface area contributed by atoms with Crippen LogP contribution < -0.4 is 5.32 Å². The summed E-state index contributed by atoms with van der Waals surface area (Å²) in [6, 6.07) is 5.70. The van der Waals surface area contributed by atoms with Crippen molar-refractivity contribution in [1.29, 1.82) is 0 Å². The van der Waals surface area contributed by atoms with E-state index in [0.29, 0.717) is 5.56 Å². The van der Waals surface area contributed by atoms with Gasteiger partial charge in [0, 0.05) is 11.1 Å². The van der Waals surface area contributed by atoms with Crippen molar-refractivity contribution in [3.63, 3.8) is 0 Å². The van der Waals surface area contributed by atoms with E-state index < -0.39 is 17.5 Å². The first-order valence-corrected chi connectivity index (χ1v) is 6.91. The predicted molar refractivity (Wildman–Crippen MR) is 77.5 cm³/mol. The molecule has 0 spiro atoms. The minimum atomic E-state index is -0.712. The molecule has 106 valence electrons. The number of nitrogens with one attached hydrogen (secondary N) is 1. The molecule has 0 aliphatic carbocycles. The number of rotatable bonds is 3. The highest BCUT2D eigenvalue weighted by molar-refractivity contribution is 9.10. The van der Waals surface area contributed by atoms with Crippen LogP contribution in [0.2, 0.25) is 5.02 Å². The molecule has 0 saturated heterocycles. The van der Waals surface area contributed by atoms with E-state index in [9.17, 15) is 13.2 Å². The predicted octanol–water partition coefficient (Wildman–Crippen LogP) is 5.69. The van der Waals surface area contributed by atoms with Gasteiger partial charge >= 0.3 is 0 Å². The van der Waals surface area contributed by atoms with Gasteiger partial charge in [0.2, 0.25) is 0 Å². The van der Waals surface area contributed by atoms with E-state index in [1.54, 1.807) is 6.92 Å². The van der Waals surface area contributed by atoms with Crippen LogP contribution in [0.4, 0.5) is 18.9 Å². The van der Waals surface area contributed by atoms with Gasteiger partial charge in [-0.2, -0.15) is 0 Å². The first kappa shape index (κ1) is 15.2. The number of anilines is 1. The van der Waals surface area contributed by atoms with Crippen LogP contribution in [0.3, 0.4) is 0 Å². The van der Waals surface area contributed by atoms with Gasteiger partial charge in [-0.3, -0.25) is 0 Å². The topological polar surface area (TPSA) is 12.0 Å². The van der Waals surface area contributed by atoms with Gasteiger partial charge in [0.25, 0.3) is 0 Å². The molecule has 0 saturated carbocycles. The summed E-state index contributed by atoms with van der Waals surface area (Å²) in [5, 5.41) is 3.12. The Morgan fingerprint density at radius 1 is 1.10 bits per heavy atom. The van der Waals surface area contributed by atoms with Crippen molar-refractivity contribution in [2.75, 3.05) is 5.32 Å². The summed E-state index contributed by atoms with van der Waals surface area (Å²) in [5.41, 5.74) is 0.749. The first-order chi connectivity index (χ1) is 9.38. The van der Waals surface area contributed by atoms with E-state index in [1.165, 1.54) is 24.3 Å². The third kappa shape index (κ3) is 3.27. The van der Waals surface area contributed by atoms with E-state index in [-0.39, 0.29) is 21.2 Å². The van der Waals surface area contributed by atoms with Crippen molar-refractivity contribution >= 4 is 33.2 Å². The molecule has 0 radical (unpaired) electrons. The van der Waals surface area contributed by atoms with E-state index in [0.717, 1.165) is 6.07 Å². The van der Waals surface area contributed by atoms with Gasteiger partial charge in [-0.1, -0.05) is 17.7 Å². The Bertz CT molecular complexity index is 649. The number of benzene rings is 2. The molecule has 1 atom stereocenters. The van der Waals surface area contributed by atoms with Gasteiger partial charge in [-0.15, -0.1) is 0 Å². The maximum absolute atomic E-state index is 13.7. The van der Waals surface area contributed by atoms with Crippen molar-refractivity contribution < 1.29 is 13.2 Å². The highest BCUT2D eigenvalue weighted by Crippen LogP contribution is 2.30. The molecule has 0 aliphatic heterocycles. The van der Waals surface area contributed by atoms with Crippen LogP contribution in [-0.4, -0.2) is 0 Å². The van der Waals surface area contributed by atoms with Crippen molar-refractivity contribution in [2.45, 2.75) is 13.0 Å². The Balaban J connectivity index is 2.27. The molecule has 2 aromatic carbocycles. The van der Waals surface area contributed by atoms with Gasteiger partial charge in [-0.05, 0) is 46.6 Å². The molecule has 0 bridgehead atoms. The summed E-state index contributed by atoms with van der Waals surface area (Å²) in [7, 11) is 0. The van der Waals surface area contributed by atoms with Crippen molar-refractivity contribution in [1.82, 2.24) is 0 Å². The van der Waals surface area contributed by atoms with Crippen LogP contribution in [0.1, 0.15) is 18.5 Å². The van der Waals surface area contributed by atoms with Crippen molar-refractivity contribution in [3.8, 4) is 0 Å². The van der Waals surface area contributed by atoms with E-state index >= 15 is 0 Å². The second-order valence-corrected chi connectivity index (χ2v) is 5.54. The number of halogens is 5. The summed E-state index contributed by atoms with van der Waals surface area (Å²) in [6.45, 7) is 1.75. The Labute approximate surface area is 127 Å². The molecule has 0 aromatic heterocycles. The van der Waals surface area contributed by atoms with Gasteiger partial charge in [0.05, 0.1) is 16.2 Å². The molecular weight excluding hydrogens is 355 g/mol. The van der Waals surface area contributed by atoms with Gasteiger partial charge in [0.1, 0.15) is 17.5 Å². The molecule has 0 heterocycles. The summed E-state index contributed by atoms with van der Waals surface area (Å²) in [5.74, 6) is -1.84. The average molecular weight is 365 g/mol. The van der Waals surface area contributed by atoms with Gasteiger partial charge in [0.15, 0.2) is 0 Å². The smallest absolute Gasteiger partial charge is 0.149 e. The molecule has 1 nitrogen and oxygen atoms in total. The zero-order chi connectivity index (χ0) is 14.9. The lowest BCUT2D eigenvalue weighted by molar-refractivity contribution is 0.579. The molecular formula is C14H10BrClF3N. The van der Waals surface area contributed by atoms with Crippen LogP contribution in [0, 0.1) is 17.5 Å². The minimum Gasteiger partial charge on any atom is -0.376 e. The van der Waals surface area contributed by atoms with E-state index in [4.69, 9.17) is 11.6 Å². The molecule has 1 unspecified atom stereocenters. The van der Waals surface area contributed by atoms with Crippen LogP contribution in [0.15, 0.2) is 34.8 Å². The fourth-order valence-corrected chi connectivity index (χ4v) is 2.47. The third-order valence-corrected chi connectivity index (χ3v) is 3.75. The maximum atomic E-state index is 13.7. The summed E-state index contributed by atoms with van der Waals surface area (Å²) in [6.07, 6.45) is 0. The standard InChI is InChI=1S/C14H10BrClF3N/c1-7(9-3-2-8(17)4-11(9)16)20-14-5-10(15)12(18)6-13(14)19/h2-7,20H,1H3. The SMILES string of the molecule is CC(Nc1cc(Br)c(F)cc1F)c1ccc(F)cc1Cl. The van der Waals surface area contributed by atoms with E-state index in [2.05, 4.69) is 21.2 Å². The fourth-order valence-electron chi connectivity index (χ4n) is 1.80. The monoisotopic (exact) mass is 363 g/mol. The lowest BCUT2D eigenvalue weighted by Gasteiger charge is -2.18. The Morgan fingerprint density at radius 3 is 2.45 bits per heavy atom. The van der Waals surface area contributed by atoms with Crippen molar-refractivity contribution in [3.05, 3.63) is 62.8 Å². The van der Waals surface area contributed by atoms with Gasteiger partial charge < -0.3 is 5.32 Å². The molecule has 2 aromatic rings. The zero-order valence-electron chi connectivity index (χ0n) is 10.4. The maximum Gasteiger partial charge on any atom is 0.149 e. The van der Waals surface area contributed by atoms with Gasteiger partial charge in [-0.25, -0.2) is 13.2 Å². The van der Waals surface area contributed by atoms with E-state index in [1.807, 2.05) is 0 Å². The lowest BCUT2D eigenvalue weighted by Crippen LogP contribution is -2.09. The normalized spacial score (nSPS) is 12.3. The molecule has 0 amide bonds. The molecule has 20 heavy (non-hydrogen) atoms. The van der Waals surface area contributed by atoms with Crippen LogP contribution in [0.25, 0.3) is 0 Å². The van der Waals surface area contributed by atoms with Crippen LogP contribution in [0.5, 0.6) is 0 Å². The van der Waals surface area contributed by atoms with Crippen LogP contribution in [-0.2, 0) is 0 Å². The Morgan fingerprint density at radius 2 is 1.80 bits per heavy atom. The highest BCUT2D eigenvalue weighted by Gasteiger charge is 2.14. The summed E-state index contributed by atoms with van der Waals surface area (Å²) in [4.78, 5) is 0. The second-order valence-electron chi connectivity index (χ2n) is 4.28. The largest absolute Gasteiger partial charge is 0.376 e. The lowest BCUT2D eigenvalue weighted by atomic mass is 10.1. The summed E-state index contributed by atoms with van der Waals surface area (Å²) < 4.78 is 39.9. The molecule has 2 rings (SSSR count). The van der Waals surface area contributed by atoms with Crippen LogP contribution >= 0.6 is 27.5 Å². The Hall–Kier alpha value is -1.20. The number of hydrogen-bond acceptors (Lipinski definition) is 1. The minimum absolute atomic E-state index is 0.131. The number of hydrogen-bond donors (Lipinski definition) is 1. The average Bonchev–Trinajstić information content (AvgIpc) is 2.35. The molecule has 6 heteroatoms.